The summed E-state index contributed by atoms with van der Waals surface area (Å²) in [7, 11) is 0. The molecule has 0 fully saturated rings. The lowest BCUT2D eigenvalue weighted by Crippen LogP contribution is -2.29. The number of nitrogens with zero attached hydrogens (tertiary/aromatic N) is 3. The number of hydrogen-bond donors (Lipinski definition) is 1. The molecule has 1 unspecified atom stereocenters. The molecule has 2 N–H and O–H groups in total. The standard InChI is InChI=1S/C17H16BrClN4OS/c1-17(4-5-25-16(20)23-17)11-6-10(2-3-12(11)18)7-14(24)13-8-22-15(19)9-21-13/h2-3,6,8-9H,4-5,7H2,1H3,(H2,20,23). The molecular formula is C17H16BrClN4OS. The van der Waals surface area contributed by atoms with Crippen LogP contribution in [0.5, 0.6) is 0 Å². The van der Waals surface area contributed by atoms with E-state index < -0.39 is 5.54 Å². The number of nitrogens with two attached hydrogens (primary N) is 1. The van der Waals surface area contributed by atoms with E-state index in [4.69, 9.17) is 17.3 Å². The summed E-state index contributed by atoms with van der Waals surface area (Å²) in [5.74, 6) is 0.812. The monoisotopic (exact) mass is 438 g/mol. The van der Waals surface area contributed by atoms with E-state index in [-0.39, 0.29) is 17.4 Å². The van der Waals surface area contributed by atoms with Gasteiger partial charge in [0, 0.05) is 16.6 Å². The molecule has 0 bridgehead atoms. The molecule has 2 heterocycles. The fourth-order valence-corrected chi connectivity index (χ4v) is 4.45. The van der Waals surface area contributed by atoms with Crippen molar-refractivity contribution in [1.82, 2.24) is 9.97 Å². The zero-order chi connectivity index (χ0) is 18.0. The zero-order valence-corrected chi connectivity index (χ0v) is 16.7. The van der Waals surface area contributed by atoms with Crippen LogP contribution >= 0.6 is 39.3 Å². The number of rotatable bonds is 4. The first kappa shape index (κ1) is 18.4. The van der Waals surface area contributed by atoms with Gasteiger partial charge in [-0.05, 0) is 30.5 Å². The average Bonchev–Trinajstić information content (AvgIpc) is 2.57. The Morgan fingerprint density at radius 1 is 1.40 bits per heavy atom. The number of amidine groups is 1. The highest BCUT2D eigenvalue weighted by molar-refractivity contribution is 9.10. The molecule has 3 rings (SSSR count). The van der Waals surface area contributed by atoms with Gasteiger partial charge in [-0.1, -0.05) is 51.4 Å². The SMILES string of the molecule is CC1(c2cc(CC(=O)c3cnc(Cl)cn3)ccc2Br)CCSC(N)=N1. The molecule has 1 aromatic heterocycles. The minimum Gasteiger partial charge on any atom is -0.379 e. The van der Waals surface area contributed by atoms with Crippen LogP contribution in [-0.2, 0) is 12.0 Å². The predicted octanol–water partition coefficient (Wildman–Crippen LogP) is 3.98. The van der Waals surface area contributed by atoms with Crippen molar-refractivity contribution in [3.05, 3.63) is 57.0 Å². The number of thioether (sulfide) groups is 1. The molecular weight excluding hydrogens is 424 g/mol. The minimum absolute atomic E-state index is 0.107. The quantitative estimate of drug-likeness (QED) is 0.729. The third kappa shape index (κ3) is 4.22. The summed E-state index contributed by atoms with van der Waals surface area (Å²) in [4.78, 5) is 25.0. The molecule has 130 valence electrons. The van der Waals surface area contributed by atoms with Crippen molar-refractivity contribution in [3.8, 4) is 0 Å². The Labute approximate surface area is 163 Å². The maximum absolute atomic E-state index is 12.4. The number of Topliss-reactive ketones (excluding diaryl/α,β-unsaturated/α-hetero) is 1. The summed E-state index contributed by atoms with van der Waals surface area (Å²) in [5, 5.41) is 0.861. The molecule has 0 spiro atoms. The van der Waals surface area contributed by atoms with Crippen LogP contribution in [0.3, 0.4) is 0 Å². The fourth-order valence-electron chi connectivity index (χ4n) is 2.71. The summed E-state index contributed by atoms with van der Waals surface area (Å²) in [6, 6.07) is 5.88. The molecule has 8 heteroatoms. The summed E-state index contributed by atoms with van der Waals surface area (Å²) >= 11 is 10.9. The predicted molar refractivity (Wildman–Crippen MR) is 105 cm³/mol. The maximum Gasteiger partial charge on any atom is 0.187 e. The fraction of sp³-hybridized carbons (Fsp3) is 0.294. The van der Waals surface area contributed by atoms with E-state index in [9.17, 15) is 4.79 Å². The second-order valence-electron chi connectivity index (χ2n) is 5.96. The van der Waals surface area contributed by atoms with Crippen LogP contribution in [0.4, 0.5) is 0 Å². The van der Waals surface area contributed by atoms with E-state index in [0.29, 0.717) is 10.9 Å². The van der Waals surface area contributed by atoms with Gasteiger partial charge in [0.1, 0.15) is 10.8 Å². The number of benzene rings is 1. The van der Waals surface area contributed by atoms with Gasteiger partial charge >= 0.3 is 0 Å². The van der Waals surface area contributed by atoms with Gasteiger partial charge in [-0.3, -0.25) is 9.79 Å². The summed E-state index contributed by atoms with van der Waals surface area (Å²) in [5.41, 5.74) is 7.76. The molecule has 0 aliphatic carbocycles. The summed E-state index contributed by atoms with van der Waals surface area (Å²) < 4.78 is 0.959. The molecule has 1 aromatic carbocycles. The van der Waals surface area contributed by atoms with Crippen molar-refractivity contribution in [2.75, 3.05) is 5.75 Å². The van der Waals surface area contributed by atoms with E-state index in [0.717, 1.165) is 27.8 Å². The van der Waals surface area contributed by atoms with Gasteiger partial charge in [-0.25, -0.2) is 9.97 Å². The summed E-state index contributed by atoms with van der Waals surface area (Å²) in [6.45, 7) is 2.07. The molecule has 0 amide bonds. The minimum atomic E-state index is -0.396. The molecule has 5 nitrogen and oxygen atoms in total. The van der Waals surface area contributed by atoms with Crippen molar-refractivity contribution < 1.29 is 4.79 Å². The Morgan fingerprint density at radius 2 is 2.20 bits per heavy atom. The molecule has 1 aliphatic rings. The van der Waals surface area contributed by atoms with Crippen LogP contribution in [0.2, 0.25) is 5.15 Å². The molecule has 2 aromatic rings. The smallest absolute Gasteiger partial charge is 0.187 e. The number of carbonyl (C=O) groups excluding carboxylic acids is 1. The van der Waals surface area contributed by atoms with Crippen LogP contribution in [0.1, 0.15) is 35.0 Å². The lowest BCUT2D eigenvalue weighted by Gasteiger charge is -2.31. The zero-order valence-electron chi connectivity index (χ0n) is 13.5. The highest BCUT2D eigenvalue weighted by Gasteiger charge is 2.31. The Morgan fingerprint density at radius 3 is 2.88 bits per heavy atom. The van der Waals surface area contributed by atoms with Gasteiger partial charge in [0.25, 0.3) is 0 Å². The second kappa shape index (κ2) is 7.43. The van der Waals surface area contributed by atoms with Crippen molar-refractivity contribution >= 4 is 50.2 Å². The first-order valence-electron chi connectivity index (χ1n) is 7.65. The number of ketones is 1. The van der Waals surface area contributed by atoms with Crippen molar-refractivity contribution in [3.63, 3.8) is 0 Å². The topological polar surface area (TPSA) is 81.2 Å². The first-order valence-corrected chi connectivity index (χ1v) is 9.81. The van der Waals surface area contributed by atoms with Crippen LogP contribution in [0.15, 0.2) is 40.1 Å². The average molecular weight is 440 g/mol. The van der Waals surface area contributed by atoms with Crippen LogP contribution in [0.25, 0.3) is 0 Å². The Balaban J connectivity index is 1.88. The second-order valence-corrected chi connectivity index (χ2v) is 8.32. The molecule has 0 radical (unpaired) electrons. The van der Waals surface area contributed by atoms with E-state index in [1.807, 2.05) is 18.2 Å². The highest BCUT2D eigenvalue weighted by Crippen LogP contribution is 2.39. The highest BCUT2D eigenvalue weighted by atomic mass is 79.9. The van der Waals surface area contributed by atoms with Crippen LogP contribution in [-0.4, -0.2) is 26.7 Å². The van der Waals surface area contributed by atoms with Gasteiger partial charge in [0.15, 0.2) is 11.0 Å². The Hall–Kier alpha value is -1.44. The largest absolute Gasteiger partial charge is 0.379 e. The van der Waals surface area contributed by atoms with E-state index >= 15 is 0 Å². The maximum atomic E-state index is 12.4. The third-order valence-electron chi connectivity index (χ3n) is 4.08. The van der Waals surface area contributed by atoms with Gasteiger partial charge in [-0.15, -0.1) is 0 Å². The number of carbonyl (C=O) groups is 1. The molecule has 1 aliphatic heterocycles. The van der Waals surface area contributed by atoms with Crippen LogP contribution in [0, 0.1) is 0 Å². The molecule has 25 heavy (non-hydrogen) atoms. The number of aromatic nitrogens is 2. The lowest BCUT2D eigenvalue weighted by molar-refractivity contribution is 0.0988. The van der Waals surface area contributed by atoms with Crippen LogP contribution < -0.4 is 5.73 Å². The van der Waals surface area contributed by atoms with E-state index in [2.05, 4.69) is 37.8 Å². The Kier molecular flexibility index (Phi) is 5.46. The normalized spacial score (nSPS) is 20.2. The van der Waals surface area contributed by atoms with Gasteiger partial charge in [0.2, 0.25) is 0 Å². The lowest BCUT2D eigenvalue weighted by atomic mass is 9.88. The van der Waals surface area contributed by atoms with Gasteiger partial charge < -0.3 is 5.73 Å². The number of halogens is 2. The molecule has 0 saturated heterocycles. The Bertz CT molecular complexity index is 843. The molecule has 1 atom stereocenters. The van der Waals surface area contributed by atoms with Gasteiger partial charge in [0.05, 0.1) is 17.9 Å². The van der Waals surface area contributed by atoms with Crippen molar-refractivity contribution in [1.29, 1.82) is 0 Å². The number of aliphatic imine (C=N–C) groups is 1. The number of hydrogen-bond acceptors (Lipinski definition) is 6. The van der Waals surface area contributed by atoms with E-state index in [1.165, 1.54) is 12.4 Å². The first-order chi connectivity index (χ1) is 11.9. The molecule has 0 saturated carbocycles. The van der Waals surface area contributed by atoms with Crippen molar-refractivity contribution in [2.24, 2.45) is 10.7 Å². The summed E-state index contributed by atoms with van der Waals surface area (Å²) in [6.07, 6.45) is 3.90. The van der Waals surface area contributed by atoms with Gasteiger partial charge in [-0.2, -0.15) is 0 Å². The third-order valence-corrected chi connectivity index (χ3v) is 5.76. The van der Waals surface area contributed by atoms with Crippen molar-refractivity contribution in [2.45, 2.75) is 25.3 Å². The van der Waals surface area contributed by atoms with E-state index in [1.54, 1.807) is 11.8 Å².